The predicted octanol–water partition coefficient (Wildman–Crippen LogP) is 1.36. The van der Waals surface area contributed by atoms with E-state index in [0.29, 0.717) is 0 Å². The van der Waals surface area contributed by atoms with Crippen molar-refractivity contribution >= 4 is 5.84 Å². The van der Waals surface area contributed by atoms with Crippen molar-refractivity contribution in [3.63, 3.8) is 0 Å². The van der Waals surface area contributed by atoms with Gasteiger partial charge in [0.05, 0.1) is 6.04 Å². The zero-order chi connectivity index (χ0) is 12.6. The smallest absolute Gasteiger partial charge is 0.108 e. The third kappa shape index (κ3) is 5.47. The molecular weight excluding hydrogens is 200 g/mol. The van der Waals surface area contributed by atoms with Crippen LogP contribution in [0.25, 0.3) is 0 Å². The first-order valence-corrected chi connectivity index (χ1v) is 6.37. The second kappa shape index (κ2) is 8.53. The zero-order valence-corrected chi connectivity index (χ0v) is 11.3. The molecule has 0 heterocycles. The number of amidine groups is 1. The van der Waals surface area contributed by atoms with Gasteiger partial charge in [-0.15, -0.1) is 0 Å². The first kappa shape index (κ1) is 15.4. The van der Waals surface area contributed by atoms with Gasteiger partial charge in [0.2, 0.25) is 0 Å². The van der Waals surface area contributed by atoms with Crippen molar-refractivity contribution in [3.8, 4) is 0 Å². The van der Waals surface area contributed by atoms with E-state index in [1.807, 2.05) is 6.92 Å². The number of hydrogen-bond donors (Lipinski definition) is 2. The molecule has 0 radical (unpaired) electrons. The van der Waals surface area contributed by atoms with Crippen LogP contribution in [0.4, 0.5) is 0 Å². The van der Waals surface area contributed by atoms with E-state index < -0.39 is 0 Å². The van der Waals surface area contributed by atoms with Crippen LogP contribution in [-0.4, -0.2) is 54.4 Å². The normalized spacial score (nSPS) is 13.4. The first-order valence-electron chi connectivity index (χ1n) is 6.37. The Balaban J connectivity index is 3.91. The van der Waals surface area contributed by atoms with Crippen LogP contribution in [0.15, 0.2) is 0 Å². The summed E-state index contributed by atoms with van der Waals surface area (Å²) < 4.78 is 0. The van der Waals surface area contributed by atoms with E-state index in [0.717, 1.165) is 39.1 Å². The van der Waals surface area contributed by atoms with Crippen molar-refractivity contribution in [1.29, 1.82) is 5.41 Å². The molecule has 1 atom stereocenters. The van der Waals surface area contributed by atoms with Gasteiger partial charge in [-0.05, 0) is 39.5 Å². The number of nitrogens with zero attached hydrogens (tertiary/aromatic N) is 2. The van der Waals surface area contributed by atoms with Gasteiger partial charge in [-0.3, -0.25) is 10.3 Å². The van der Waals surface area contributed by atoms with Crippen LogP contribution in [-0.2, 0) is 0 Å². The Bertz CT molecular complexity index is 189. The highest BCUT2D eigenvalue weighted by Gasteiger charge is 2.14. The molecule has 4 heteroatoms. The van der Waals surface area contributed by atoms with E-state index in [1.165, 1.54) is 0 Å². The molecule has 0 aliphatic rings. The molecule has 0 rings (SSSR count). The molecule has 96 valence electrons. The molecule has 0 aliphatic carbocycles. The molecule has 0 saturated heterocycles. The summed E-state index contributed by atoms with van der Waals surface area (Å²) in [5, 5.41) is 7.45. The fourth-order valence-electron chi connectivity index (χ4n) is 1.86. The van der Waals surface area contributed by atoms with Crippen molar-refractivity contribution in [2.75, 3.05) is 32.7 Å². The van der Waals surface area contributed by atoms with Crippen LogP contribution in [0.2, 0.25) is 0 Å². The molecule has 0 amide bonds. The number of nitrogens with one attached hydrogen (secondary N) is 1. The first-order chi connectivity index (χ1) is 7.56. The Morgan fingerprint density at radius 2 is 1.69 bits per heavy atom. The molecule has 0 aromatic heterocycles. The Hall–Kier alpha value is -0.610. The quantitative estimate of drug-likeness (QED) is 0.463. The van der Waals surface area contributed by atoms with E-state index in [4.69, 9.17) is 11.1 Å². The van der Waals surface area contributed by atoms with Crippen molar-refractivity contribution in [3.05, 3.63) is 0 Å². The molecule has 0 aromatic carbocycles. The van der Waals surface area contributed by atoms with Gasteiger partial charge in [0, 0.05) is 6.54 Å². The lowest BCUT2D eigenvalue weighted by molar-refractivity contribution is 0.230. The molecule has 1 unspecified atom stereocenters. The third-order valence-electron chi connectivity index (χ3n) is 3.22. The van der Waals surface area contributed by atoms with Crippen LogP contribution in [0.3, 0.4) is 0 Å². The van der Waals surface area contributed by atoms with Gasteiger partial charge in [0.25, 0.3) is 0 Å². The number of rotatable bonds is 9. The lowest BCUT2D eigenvalue weighted by Crippen LogP contribution is -2.43. The van der Waals surface area contributed by atoms with Gasteiger partial charge >= 0.3 is 0 Å². The van der Waals surface area contributed by atoms with Crippen LogP contribution < -0.4 is 5.73 Å². The highest BCUT2D eigenvalue weighted by molar-refractivity contribution is 5.82. The van der Waals surface area contributed by atoms with E-state index >= 15 is 0 Å². The molecular formula is C12H28N4. The number of likely N-dealkylation sites (N-methyl/N-ethyl adjacent to an activating group) is 1. The molecule has 0 spiro atoms. The second-order valence-corrected chi connectivity index (χ2v) is 4.14. The van der Waals surface area contributed by atoms with Crippen LogP contribution in [0, 0.1) is 5.41 Å². The second-order valence-electron chi connectivity index (χ2n) is 4.14. The molecule has 16 heavy (non-hydrogen) atoms. The molecule has 0 bridgehead atoms. The SMILES string of the molecule is CCN(CC)CCCN(CC)C(C)C(=N)N. The van der Waals surface area contributed by atoms with E-state index in [9.17, 15) is 0 Å². The van der Waals surface area contributed by atoms with Gasteiger partial charge in [0.1, 0.15) is 5.84 Å². The van der Waals surface area contributed by atoms with Crippen LogP contribution in [0.1, 0.15) is 34.1 Å². The molecule has 4 nitrogen and oxygen atoms in total. The van der Waals surface area contributed by atoms with Gasteiger partial charge in [-0.25, -0.2) is 0 Å². The van der Waals surface area contributed by atoms with Crippen molar-refractivity contribution in [2.24, 2.45) is 5.73 Å². The van der Waals surface area contributed by atoms with Crippen LogP contribution >= 0.6 is 0 Å². The summed E-state index contributed by atoms with van der Waals surface area (Å²) in [5.41, 5.74) is 5.53. The molecule has 0 fully saturated rings. The maximum atomic E-state index is 7.45. The summed E-state index contributed by atoms with van der Waals surface area (Å²) in [6, 6.07) is 0.0710. The third-order valence-corrected chi connectivity index (χ3v) is 3.22. The lowest BCUT2D eigenvalue weighted by Gasteiger charge is -2.28. The van der Waals surface area contributed by atoms with Crippen molar-refractivity contribution in [1.82, 2.24) is 9.80 Å². The van der Waals surface area contributed by atoms with Crippen molar-refractivity contribution < 1.29 is 0 Å². The van der Waals surface area contributed by atoms with Gasteiger partial charge < -0.3 is 10.6 Å². The van der Waals surface area contributed by atoms with Gasteiger partial charge in [0.15, 0.2) is 0 Å². The summed E-state index contributed by atoms with van der Waals surface area (Å²) >= 11 is 0. The molecule has 0 saturated carbocycles. The Labute approximate surface area is 100 Å². The average Bonchev–Trinajstić information content (AvgIpc) is 2.28. The molecule has 0 aliphatic heterocycles. The largest absolute Gasteiger partial charge is 0.386 e. The number of nitrogens with two attached hydrogens (primary N) is 1. The fourth-order valence-corrected chi connectivity index (χ4v) is 1.86. The topological polar surface area (TPSA) is 56.4 Å². The Kier molecular flexibility index (Phi) is 8.21. The van der Waals surface area contributed by atoms with E-state index in [1.54, 1.807) is 0 Å². The van der Waals surface area contributed by atoms with Crippen molar-refractivity contribution in [2.45, 2.75) is 40.2 Å². The summed E-state index contributed by atoms with van der Waals surface area (Å²) in [5.74, 6) is 0.268. The summed E-state index contributed by atoms with van der Waals surface area (Å²) in [6.45, 7) is 13.9. The van der Waals surface area contributed by atoms with E-state index in [2.05, 4.69) is 30.6 Å². The Morgan fingerprint density at radius 3 is 2.06 bits per heavy atom. The highest BCUT2D eigenvalue weighted by Crippen LogP contribution is 2.01. The predicted molar refractivity (Wildman–Crippen MR) is 71.0 cm³/mol. The summed E-state index contributed by atoms with van der Waals surface area (Å²) in [4.78, 5) is 4.68. The average molecular weight is 228 g/mol. The molecule has 3 N–H and O–H groups in total. The minimum absolute atomic E-state index is 0.0710. The maximum Gasteiger partial charge on any atom is 0.108 e. The van der Waals surface area contributed by atoms with Crippen LogP contribution in [0.5, 0.6) is 0 Å². The highest BCUT2D eigenvalue weighted by atomic mass is 15.2. The summed E-state index contributed by atoms with van der Waals surface area (Å²) in [7, 11) is 0. The minimum atomic E-state index is 0.0710. The molecule has 0 aromatic rings. The summed E-state index contributed by atoms with van der Waals surface area (Å²) in [6.07, 6.45) is 1.15. The monoisotopic (exact) mass is 228 g/mol. The minimum Gasteiger partial charge on any atom is -0.386 e. The van der Waals surface area contributed by atoms with Gasteiger partial charge in [-0.2, -0.15) is 0 Å². The number of hydrogen-bond acceptors (Lipinski definition) is 3. The van der Waals surface area contributed by atoms with E-state index in [-0.39, 0.29) is 11.9 Å². The van der Waals surface area contributed by atoms with Gasteiger partial charge in [-0.1, -0.05) is 20.8 Å². The maximum absolute atomic E-state index is 7.45. The standard InChI is InChI=1S/C12H28N4/c1-5-15(6-2)9-8-10-16(7-3)11(4)12(13)14/h11H,5-10H2,1-4H3,(H3,13,14). The Morgan fingerprint density at radius 1 is 1.12 bits per heavy atom. The fraction of sp³-hybridized carbons (Fsp3) is 0.917. The zero-order valence-electron chi connectivity index (χ0n) is 11.3. The lowest BCUT2D eigenvalue weighted by atomic mass is 10.2.